The van der Waals surface area contributed by atoms with E-state index in [0.717, 1.165) is 62.6 Å². The molecular formula is C27H36N4O4. The summed E-state index contributed by atoms with van der Waals surface area (Å²) in [5.41, 5.74) is 2.42. The van der Waals surface area contributed by atoms with Crippen LogP contribution in [-0.4, -0.2) is 93.1 Å². The third-order valence-electron chi connectivity index (χ3n) is 6.43. The van der Waals surface area contributed by atoms with E-state index in [1.54, 1.807) is 12.1 Å². The van der Waals surface area contributed by atoms with Gasteiger partial charge in [0.05, 0.1) is 19.4 Å². The first-order chi connectivity index (χ1) is 17.1. The van der Waals surface area contributed by atoms with Gasteiger partial charge in [-0.2, -0.15) is 5.10 Å². The van der Waals surface area contributed by atoms with Crippen molar-refractivity contribution in [2.24, 2.45) is 5.10 Å². The standard InChI is InChI=1S/C27H36N4O4/c1-4-34-26-20-22(9-12-25(26)33-3)24-6-5-13-31(28-24)27(32)21-7-10-23(11-8-21)35-19-18-30-16-14-29(2)15-17-30/h7-12,20H,4-6,13-19H2,1-3H3. The number of piperazine rings is 1. The van der Waals surface area contributed by atoms with Crippen LogP contribution < -0.4 is 14.2 Å². The predicted molar refractivity (Wildman–Crippen MR) is 137 cm³/mol. The fourth-order valence-electron chi connectivity index (χ4n) is 4.32. The second kappa shape index (κ2) is 12.0. The van der Waals surface area contributed by atoms with Gasteiger partial charge in [-0.15, -0.1) is 0 Å². The van der Waals surface area contributed by atoms with Gasteiger partial charge < -0.3 is 19.1 Å². The summed E-state index contributed by atoms with van der Waals surface area (Å²) >= 11 is 0. The lowest BCUT2D eigenvalue weighted by Gasteiger charge is -2.32. The van der Waals surface area contributed by atoms with Gasteiger partial charge in [-0.3, -0.25) is 9.69 Å². The lowest BCUT2D eigenvalue weighted by Crippen LogP contribution is -2.45. The summed E-state index contributed by atoms with van der Waals surface area (Å²) < 4.78 is 17.0. The zero-order valence-electron chi connectivity index (χ0n) is 21.0. The molecule has 8 heteroatoms. The van der Waals surface area contributed by atoms with Crippen LogP contribution in [0, 0.1) is 0 Å². The molecule has 0 spiro atoms. The number of methoxy groups -OCH3 is 1. The topological polar surface area (TPSA) is 66.8 Å². The summed E-state index contributed by atoms with van der Waals surface area (Å²) in [4.78, 5) is 17.9. The molecule has 4 rings (SSSR count). The number of rotatable bonds is 9. The molecule has 0 aliphatic carbocycles. The number of likely N-dealkylation sites (N-methyl/N-ethyl adjacent to an activating group) is 1. The van der Waals surface area contributed by atoms with E-state index < -0.39 is 0 Å². The van der Waals surface area contributed by atoms with Crippen LogP contribution in [0.3, 0.4) is 0 Å². The van der Waals surface area contributed by atoms with Crippen LogP contribution in [-0.2, 0) is 0 Å². The molecule has 1 saturated heterocycles. The Hall–Kier alpha value is -3.10. The van der Waals surface area contributed by atoms with E-state index in [1.807, 2.05) is 49.4 Å². The van der Waals surface area contributed by atoms with Crippen LogP contribution in [0.2, 0.25) is 0 Å². The molecule has 0 unspecified atom stereocenters. The zero-order chi connectivity index (χ0) is 24.6. The summed E-state index contributed by atoms with van der Waals surface area (Å²) in [7, 11) is 3.78. The first-order valence-electron chi connectivity index (χ1n) is 12.4. The van der Waals surface area contributed by atoms with Crippen LogP contribution in [0.5, 0.6) is 17.2 Å². The van der Waals surface area contributed by atoms with Gasteiger partial charge in [-0.25, -0.2) is 5.01 Å². The molecule has 2 aromatic rings. The van der Waals surface area contributed by atoms with Crippen molar-refractivity contribution in [3.63, 3.8) is 0 Å². The molecule has 8 nitrogen and oxygen atoms in total. The van der Waals surface area contributed by atoms with E-state index in [4.69, 9.17) is 14.2 Å². The number of benzene rings is 2. The maximum absolute atomic E-state index is 13.1. The molecule has 188 valence electrons. The number of ether oxygens (including phenoxy) is 3. The van der Waals surface area contributed by atoms with Gasteiger partial charge in [-0.05, 0) is 69.3 Å². The molecule has 0 N–H and O–H groups in total. The minimum atomic E-state index is -0.107. The lowest BCUT2D eigenvalue weighted by molar-refractivity contribution is 0.0751. The normalized spacial score (nSPS) is 17.1. The first-order valence-corrected chi connectivity index (χ1v) is 12.4. The van der Waals surface area contributed by atoms with E-state index >= 15 is 0 Å². The molecule has 35 heavy (non-hydrogen) atoms. The second-order valence-electron chi connectivity index (χ2n) is 8.89. The van der Waals surface area contributed by atoms with E-state index in [-0.39, 0.29) is 5.91 Å². The van der Waals surface area contributed by atoms with E-state index in [0.29, 0.717) is 36.8 Å². The highest BCUT2D eigenvalue weighted by atomic mass is 16.5. The Morgan fingerprint density at radius 2 is 1.74 bits per heavy atom. The van der Waals surface area contributed by atoms with Gasteiger partial charge >= 0.3 is 0 Å². The van der Waals surface area contributed by atoms with Gasteiger partial charge in [-0.1, -0.05) is 0 Å². The van der Waals surface area contributed by atoms with Gasteiger partial charge in [0.1, 0.15) is 12.4 Å². The molecule has 2 aliphatic heterocycles. The van der Waals surface area contributed by atoms with Gasteiger partial charge in [0.15, 0.2) is 11.5 Å². The van der Waals surface area contributed by atoms with Crippen LogP contribution in [0.4, 0.5) is 0 Å². The second-order valence-corrected chi connectivity index (χ2v) is 8.89. The fourth-order valence-corrected chi connectivity index (χ4v) is 4.32. The molecule has 1 amide bonds. The van der Waals surface area contributed by atoms with Crippen molar-refractivity contribution in [3.05, 3.63) is 53.6 Å². The average Bonchev–Trinajstić information content (AvgIpc) is 2.90. The third-order valence-corrected chi connectivity index (χ3v) is 6.43. The van der Waals surface area contributed by atoms with Crippen molar-refractivity contribution in [2.75, 3.05) is 66.6 Å². The predicted octanol–water partition coefficient (Wildman–Crippen LogP) is 3.36. The fraction of sp³-hybridized carbons (Fsp3) is 0.481. The van der Waals surface area contributed by atoms with Crippen molar-refractivity contribution in [1.29, 1.82) is 0 Å². The molecule has 2 heterocycles. The smallest absolute Gasteiger partial charge is 0.273 e. The van der Waals surface area contributed by atoms with Gasteiger partial charge in [0.25, 0.3) is 5.91 Å². The number of hydrazone groups is 1. The quantitative estimate of drug-likeness (QED) is 0.548. The highest BCUT2D eigenvalue weighted by Crippen LogP contribution is 2.29. The minimum Gasteiger partial charge on any atom is -0.493 e. The maximum Gasteiger partial charge on any atom is 0.273 e. The Bertz CT molecular complexity index is 1020. The largest absolute Gasteiger partial charge is 0.493 e. The van der Waals surface area contributed by atoms with Crippen LogP contribution in [0.1, 0.15) is 35.7 Å². The van der Waals surface area contributed by atoms with E-state index in [9.17, 15) is 4.79 Å². The van der Waals surface area contributed by atoms with Crippen LogP contribution in [0.15, 0.2) is 47.6 Å². The summed E-state index contributed by atoms with van der Waals surface area (Å²) in [6, 6.07) is 13.1. The maximum atomic E-state index is 13.1. The SMILES string of the molecule is CCOc1cc(C2=NN(C(=O)c3ccc(OCCN4CCN(C)CC4)cc3)CCC2)ccc1OC. The Morgan fingerprint density at radius 3 is 2.46 bits per heavy atom. The zero-order valence-corrected chi connectivity index (χ0v) is 21.0. The molecule has 2 aliphatic rings. The van der Waals surface area contributed by atoms with Crippen LogP contribution in [0.25, 0.3) is 0 Å². The Morgan fingerprint density at radius 1 is 0.971 bits per heavy atom. The summed E-state index contributed by atoms with van der Waals surface area (Å²) in [6.07, 6.45) is 1.66. The van der Waals surface area contributed by atoms with Crippen molar-refractivity contribution in [3.8, 4) is 17.2 Å². The molecule has 0 aromatic heterocycles. The van der Waals surface area contributed by atoms with Gasteiger partial charge in [0, 0.05) is 50.4 Å². The number of carbonyl (C=O) groups is 1. The average molecular weight is 481 g/mol. The van der Waals surface area contributed by atoms with E-state index in [2.05, 4.69) is 21.9 Å². The third kappa shape index (κ3) is 6.52. The molecule has 0 bridgehead atoms. The van der Waals surface area contributed by atoms with Crippen molar-refractivity contribution >= 4 is 11.6 Å². The van der Waals surface area contributed by atoms with Crippen molar-refractivity contribution < 1.29 is 19.0 Å². The first kappa shape index (κ1) is 25.0. The number of nitrogens with zero attached hydrogens (tertiary/aromatic N) is 4. The van der Waals surface area contributed by atoms with Crippen molar-refractivity contribution in [2.45, 2.75) is 19.8 Å². The number of amides is 1. The number of hydrogen-bond acceptors (Lipinski definition) is 7. The monoisotopic (exact) mass is 480 g/mol. The summed E-state index contributed by atoms with van der Waals surface area (Å²) in [5.74, 6) is 2.04. The highest BCUT2D eigenvalue weighted by Gasteiger charge is 2.22. The molecule has 2 aromatic carbocycles. The highest BCUT2D eigenvalue weighted by molar-refractivity contribution is 6.03. The Kier molecular flexibility index (Phi) is 8.60. The lowest BCUT2D eigenvalue weighted by atomic mass is 10.0. The molecule has 0 saturated carbocycles. The minimum absolute atomic E-state index is 0.107. The van der Waals surface area contributed by atoms with E-state index in [1.165, 1.54) is 0 Å². The van der Waals surface area contributed by atoms with Crippen LogP contribution >= 0.6 is 0 Å². The molecule has 1 fully saturated rings. The van der Waals surface area contributed by atoms with Crippen molar-refractivity contribution in [1.82, 2.24) is 14.8 Å². The molecule has 0 atom stereocenters. The molecule has 0 radical (unpaired) electrons. The Labute approximate surface area is 208 Å². The molecular weight excluding hydrogens is 444 g/mol. The number of carbonyl (C=O) groups excluding carboxylic acids is 1. The van der Waals surface area contributed by atoms with Gasteiger partial charge in [0.2, 0.25) is 0 Å². The number of hydrogen-bond donors (Lipinski definition) is 0. The summed E-state index contributed by atoms with van der Waals surface area (Å²) in [6.45, 7) is 9.00. The summed E-state index contributed by atoms with van der Waals surface area (Å²) in [5, 5.41) is 6.24. The Balaban J connectivity index is 1.36.